The zero-order chi connectivity index (χ0) is 17.5. The maximum absolute atomic E-state index is 12.0. The van der Waals surface area contributed by atoms with Crippen molar-refractivity contribution in [3.63, 3.8) is 0 Å². The maximum atomic E-state index is 12.0. The number of hydrogen-bond donors (Lipinski definition) is 1. The minimum atomic E-state index is -1.04. The Hall–Kier alpha value is -2.31. The molecule has 2 aromatic rings. The summed E-state index contributed by atoms with van der Waals surface area (Å²) in [6, 6.07) is 10.2. The smallest absolute Gasteiger partial charge is 0.344 e. The van der Waals surface area contributed by atoms with Crippen LogP contribution in [-0.4, -0.2) is 29.6 Å². The largest absolute Gasteiger partial charge is 0.482 e. The lowest BCUT2D eigenvalue weighted by Gasteiger charge is -2.14. The third kappa shape index (κ3) is 5.40. The van der Waals surface area contributed by atoms with Crippen LogP contribution in [0, 0.1) is 0 Å². The molecule has 0 aliphatic carbocycles. The first-order valence-corrected chi connectivity index (χ1v) is 7.70. The molecule has 0 aliphatic heterocycles. The minimum absolute atomic E-state index is 0.134. The predicted molar refractivity (Wildman–Crippen MR) is 90.4 cm³/mol. The number of anilines is 1. The molecule has 126 valence electrons. The van der Waals surface area contributed by atoms with Crippen molar-refractivity contribution in [3.05, 3.63) is 52.6 Å². The summed E-state index contributed by atoms with van der Waals surface area (Å²) in [5, 5.41) is 2.98. The quantitative estimate of drug-likeness (QED) is 0.791. The van der Waals surface area contributed by atoms with Gasteiger partial charge in [0.1, 0.15) is 5.75 Å². The van der Waals surface area contributed by atoms with E-state index >= 15 is 0 Å². The highest BCUT2D eigenvalue weighted by Gasteiger charge is 2.19. The average molecular weight is 369 g/mol. The Morgan fingerprint density at radius 1 is 1.25 bits per heavy atom. The van der Waals surface area contributed by atoms with Crippen LogP contribution in [0.15, 0.2) is 42.6 Å². The maximum Gasteiger partial charge on any atom is 0.344 e. The first kappa shape index (κ1) is 18.0. The SMILES string of the molecule is CC(OC(=O)COc1ccccc1)C(=O)Nc1ncc(Cl)cc1Cl. The number of nitrogens with zero attached hydrogens (tertiary/aromatic N) is 1. The molecule has 1 aromatic carbocycles. The molecule has 0 aliphatic rings. The van der Waals surface area contributed by atoms with Gasteiger partial charge in [-0.2, -0.15) is 0 Å². The van der Waals surface area contributed by atoms with Crippen molar-refractivity contribution >= 4 is 40.9 Å². The van der Waals surface area contributed by atoms with Crippen LogP contribution in [0.4, 0.5) is 5.82 Å². The van der Waals surface area contributed by atoms with E-state index in [1.165, 1.54) is 19.2 Å². The Balaban J connectivity index is 1.83. The molecule has 1 unspecified atom stereocenters. The number of pyridine rings is 1. The highest BCUT2D eigenvalue weighted by Crippen LogP contribution is 2.22. The van der Waals surface area contributed by atoms with Crippen LogP contribution in [0.2, 0.25) is 10.0 Å². The van der Waals surface area contributed by atoms with E-state index in [9.17, 15) is 9.59 Å². The Morgan fingerprint density at radius 3 is 2.62 bits per heavy atom. The van der Waals surface area contributed by atoms with Crippen molar-refractivity contribution in [2.24, 2.45) is 0 Å². The van der Waals surface area contributed by atoms with Crippen LogP contribution in [-0.2, 0) is 14.3 Å². The fourth-order valence-electron chi connectivity index (χ4n) is 1.67. The van der Waals surface area contributed by atoms with Crippen LogP contribution >= 0.6 is 23.2 Å². The monoisotopic (exact) mass is 368 g/mol. The van der Waals surface area contributed by atoms with Crippen LogP contribution in [0.3, 0.4) is 0 Å². The number of halogens is 2. The predicted octanol–water partition coefficient (Wildman–Crippen LogP) is 3.34. The Labute approximate surface area is 148 Å². The van der Waals surface area contributed by atoms with Gasteiger partial charge in [0.2, 0.25) is 0 Å². The molecule has 6 nitrogen and oxygen atoms in total. The van der Waals surface area contributed by atoms with Crippen molar-refractivity contribution in [3.8, 4) is 5.75 Å². The molecule has 2 rings (SSSR count). The van der Waals surface area contributed by atoms with Gasteiger partial charge < -0.3 is 14.8 Å². The molecule has 1 aromatic heterocycles. The van der Waals surface area contributed by atoms with E-state index in [1.54, 1.807) is 24.3 Å². The van der Waals surface area contributed by atoms with E-state index in [2.05, 4.69) is 10.3 Å². The van der Waals surface area contributed by atoms with Gasteiger partial charge in [-0.05, 0) is 25.1 Å². The zero-order valence-corrected chi connectivity index (χ0v) is 14.2. The number of hydrogen-bond acceptors (Lipinski definition) is 5. The summed E-state index contributed by atoms with van der Waals surface area (Å²) in [5.74, 6) is -0.574. The van der Waals surface area contributed by atoms with E-state index < -0.39 is 18.0 Å². The number of nitrogens with one attached hydrogen (secondary N) is 1. The summed E-state index contributed by atoms with van der Waals surface area (Å²) >= 11 is 11.6. The van der Waals surface area contributed by atoms with E-state index in [0.29, 0.717) is 10.8 Å². The van der Waals surface area contributed by atoms with Gasteiger partial charge >= 0.3 is 5.97 Å². The van der Waals surface area contributed by atoms with Crippen LogP contribution in [0.25, 0.3) is 0 Å². The van der Waals surface area contributed by atoms with Crippen molar-refractivity contribution in [2.45, 2.75) is 13.0 Å². The molecule has 1 amide bonds. The van der Waals surface area contributed by atoms with Crippen LogP contribution in [0.1, 0.15) is 6.92 Å². The summed E-state index contributed by atoms with van der Waals surface area (Å²) in [6.45, 7) is 1.13. The van der Waals surface area contributed by atoms with Gasteiger partial charge in [-0.25, -0.2) is 9.78 Å². The molecule has 0 saturated carbocycles. The number of carbonyl (C=O) groups is 2. The Kier molecular flexibility index (Phi) is 6.40. The van der Waals surface area contributed by atoms with E-state index in [-0.39, 0.29) is 17.4 Å². The Bertz CT molecular complexity index is 725. The summed E-state index contributed by atoms with van der Waals surface area (Å²) in [4.78, 5) is 27.6. The molecule has 0 bridgehead atoms. The highest BCUT2D eigenvalue weighted by molar-refractivity contribution is 6.36. The van der Waals surface area contributed by atoms with Gasteiger partial charge in [0.25, 0.3) is 5.91 Å². The van der Waals surface area contributed by atoms with Crippen molar-refractivity contribution in [1.82, 2.24) is 4.98 Å². The zero-order valence-electron chi connectivity index (χ0n) is 12.7. The molecular weight excluding hydrogens is 355 g/mol. The fraction of sp³-hybridized carbons (Fsp3) is 0.188. The van der Waals surface area contributed by atoms with E-state index in [4.69, 9.17) is 32.7 Å². The molecule has 1 heterocycles. The van der Waals surface area contributed by atoms with Crippen LogP contribution < -0.4 is 10.1 Å². The third-order valence-electron chi connectivity index (χ3n) is 2.83. The summed E-state index contributed by atoms with van der Waals surface area (Å²) in [5.41, 5.74) is 0. The number of benzene rings is 1. The van der Waals surface area contributed by atoms with Gasteiger partial charge in [0.05, 0.1) is 10.0 Å². The molecule has 0 fully saturated rings. The standard InChI is InChI=1S/C16H14Cl2N2O4/c1-10(16(22)20-15-13(18)7-11(17)8-19-15)24-14(21)9-23-12-5-3-2-4-6-12/h2-8,10H,9H2,1H3,(H,19,20,22). The first-order valence-electron chi connectivity index (χ1n) is 6.95. The molecule has 24 heavy (non-hydrogen) atoms. The number of rotatable bonds is 6. The molecule has 1 atom stereocenters. The lowest BCUT2D eigenvalue weighted by Crippen LogP contribution is -2.32. The molecule has 0 spiro atoms. The second-order valence-corrected chi connectivity index (χ2v) is 5.55. The topological polar surface area (TPSA) is 77.5 Å². The van der Waals surface area contributed by atoms with E-state index in [0.717, 1.165) is 0 Å². The van der Waals surface area contributed by atoms with Crippen molar-refractivity contribution < 1.29 is 19.1 Å². The molecule has 0 saturated heterocycles. The number of carbonyl (C=O) groups excluding carboxylic acids is 2. The van der Waals surface area contributed by atoms with Crippen molar-refractivity contribution in [2.75, 3.05) is 11.9 Å². The normalized spacial score (nSPS) is 11.5. The molecular formula is C16H14Cl2N2O4. The summed E-state index contributed by atoms with van der Waals surface area (Å²) in [7, 11) is 0. The number of amides is 1. The average Bonchev–Trinajstić information content (AvgIpc) is 2.56. The number of para-hydroxylation sites is 1. The Morgan fingerprint density at radius 2 is 1.96 bits per heavy atom. The number of aromatic nitrogens is 1. The summed E-state index contributed by atoms with van der Waals surface area (Å²) < 4.78 is 10.2. The highest BCUT2D eigenvalue weighted by atomic mass is 35.5. The van der Waals surface area contributed by atoms with Crippen molar-refractivity contribution in [1.29, 1.82) is 0 Å². The number of ether oxygens (including phenoxy) is 2. The van der Waals surface area contributed by atoms with Gasteiger partial charge in [-0.15, -0.1) is 0 Å². The second kappa shape index (κ2) is 8.52. The third-order valence-corrected chi connectivity index (χ3v) is 3.32. The van der Waals surface area contributed by atoms with Gasteiger partial charge in [-0.1, -0.05) is 41.4 Å². The minimum Gasteiger partial charge on any atom is -0.482 e. The fourth-order valence-corrected chi connectivity index (χ4v) is 2.10. The summed E-state index contributed by atoms with van der Waals surface area (Å²) in [6.07, 6.45) is 0.304. The lowest BCUT2D eigenvalue weighted by atomic mass is 10.3. The van der Waals surface area contributed by atoms with Gasteiger partial charge in [0.15, 0.2) is 18.5 Å². The van der Waals surface area contributed by atoms with Crippen LogP contribution in [0.5, 0.6) is 5.75 Å². The molecule has 1 N–H and O–H groups in total. The lowest BCUT2D eigenvalue weighted by molar-refractivity contribution is -0.155. The molecule has 8 heteroatoms. The molecule has 0 radical (unpaired) electrons. The van der Waals surface area contributed by atoms with Gasteiger partial charge in [-0.3, -0.25) is 4.79 Å². The van der Waals surface area contributed by atoms with Gasteiger partial charge in [0, 0.05) is 6.20 Å². The first-order chi connectivity index (χ1) is 11.5. The second-order valence-electron chi connectivity index (χ2n) is 4.71. The van der Waals surface area contributed by atoms with E-state index in [1.807, 2.05) is 6.07 Å². The number of esters is 1.